The highest BCUT2D eigenvalue weighted by atomic mass is 32.2. The summed E-state index contributed by atoms with van der Waals surface area (Å²) in [5.74, 6) is -0.338. The summed E-state index contributed by atoms with van der Waals surface area (Å²) in [6, 6.07) is 5.02. The van der Waals surface area contributed by atoms with Crippen molar-refractivity contribution in [3.8, 4) is 0 Å². The molecule has 1 aromatic carbocycles. The lowest BCUT2D eigenvalue weighted by Gasteiger charge is -2.35. The van der Waals surface area contributed by atoms with E-state index in [1.54, 1.807) is 18.2 Å². The maximum Gasteiger partial charge on any atom is 0.244 e. The molecular formula is C16H22N2O5S. The highest BCUT2D eigenvalue weighted by Gasteiger charge is 2.52. The van der Waals surface area contributed by atoms with Gasteiger partial charge in [0, 0.05) is 20.7 Å². The average molecular weight is 354 g/mol. The summed E-state index contributed by atoms with van der Waals surface area (Å²) in [7, 11) is -0.826. The van der Waals surface area contributed by atoms with E-state index in [0.717, 1.165) is 11.1 Å². The highest BCUT2D eigenvalue weighted by Crippen LogP contribution is 2.36. The van der Waals surface area contributed by atoms with Crippen LogP contribution in [0.1, 0.15) is 24.0 Å². The third-order valence-corrected chi connectivity index (χ3v) is 6.70. The smallest absolute Gasteiger partial charge is 0.244 e. The van der Waals surface area contributed by atoms with Crippen LogP contribution in [0.4, 0.5) is 0 Å². The largest absolute Gasteiger partial charge is 0.382 e. The van der Waals surface area contributed by atoms with E-state index in [-0.39, 0.29) is 17.4 Å². The number of carbonyl (C=O) groups excluding carboxylic acids is 1. The predicted molar refractivity (Wildman–Crippen MR) is 86.7 cm³/mol. The van der Waals surface area contributed by atoms with Crippen LogP contribution in [-0.4, -0.2) is 51.5 Å². The Morgan fingerprint density at radius 1 is 1.38 bits per heavy atom. The van der Waals surface area contributed by atoms with Crippen LogP contribution in [-0.2, 0) is 37.5 Å². The molecule has 1 saturated heterocycles. The van der Waals surface area contributed by atoms with Gasteiger partial charge < -0.3 is 14.8 Å². The van der Waals surface area contributed by atoms with Gasteiger partial charge in [-0.25, -0.2) is 8.42 Å². The summed E-state index contributed by atoms with van der Waals surface area (Å²) in [6.45, 7) is 1.25. The van der Waals surface area contributed by atoms with Gasteiger partial charge in [-0.15, -0.1) is 0 Å². The standard InChI is InChI=1S/C16H22N2O5S/c1-17-15(19)16(11-22-2)6-3-7-18(16)24(20,21)14-5-4-12-9-23-10-13(12)8-14/h4-5,8H,3,6-7,9-11H2,1-2H3,(H,17,19). The van der Waals surface area contributed by atoms with E-state index in [0.29, 0.717) is 32.6 Å². The van der Waals surface area contributed by atoms with Crippen molar-refractivity contribution < 1.29 is 22.7 Å². The zero-order valence-electron chi connectivity index (χ0n) is 13.9. The number of likely N-dealkylation sites (N-methyl/N-ethyl adjacent to an activating group) is 1. The molecule has 1 unspecified atom stereocenters. The number of nitrogens with one attached hydrogen (secondary N) is 1. The fraction of sp³-hybridized carbons (Fsp3) is 0.562. The Labute approximate surface area is 142 Å². The number of hydrogen-bond acceptors (Lipinski definition) is 5. The van der Waals surface area contributed by atoms with Gasteiger partial charge in [0.2, 0.25) is 15.9 Å². The van der Waals surface area contributed by atoms with Crippen molar-refractivity contribution in [2.24, 2.45) is 0 Å². The molecule has 0 aromatic heterocycles. The van der Waals surface area contributed by atoms with Gasteiger partial charge in [0.15, 0.2) is 0 Å². The minimum atomic E-state index is -3.81. The predicted octanol–water partition coefficient (Wildman–Crippen LogP) is 0.632. The van der Waals surface area contributed by atoms with Crippen molar-refractivity contribution in [3.05, 3.63) is 29.3 Å². The molecule has 24 heavy (non-hydrogen) atoms. The van der Waals surface area contributed by atoms with Gasteiger partial charge in [0.1, 0.15) is 5.54 Å². The number of carbonyl (C=O) groups is 1. The number of ether oxygens (including phenoxy) is 2. The molecular weight excluding hydrogens is 332 g/mol. The van der Waals surface area contributed by atoms with Crippen LogP contribution < -0.4 is 5.32 Å². The third-order valence-electron chi connectivity index (χ3n) is 4.74. The van der Waals surface area contributed by atoms with Crippen LogP contribution in [0.3, 0.4) is 0 Å². The molecule has 0 saturated carbocycles. The first-order chi connectivity index (χ1) is 11.5. The Kier molecular flexibility index (Phi) is 4.65. The van der Waals surface area contributed by atoms with Crippen LogP contribution in [0.5, 0.6) is 0 Å². The molecule has 0 bridgehead atoms. The maximum atomic E-state index is 13.2. The molecule has 3 rings (SSSR count). The van der Waals surface area contributed by atoms with Crippen molar-refractivity contribution in [1.82, 2.24) is 9.62 Å². The number of rotatable bonds is 5. The molecule has 1 N–H and O–H groups in total. The molecule has 7 nitrogen and oxygen atoms in total. The summed E-state index contributed by atoms with van der Waals surface area (Å²) in [4.78, 5) is 12.7. The van der Waals surface area contributed by atoms with Crippen LogP contribution in [0.2, 0.25) is 0 Å². The van der Waals surface area contributed by atoms with Gasteiger partial charge in [-0.3, -0.25) is 4.79 Å². The van der Waals surface area contributed by atoms with E-state index >= 15 is 0 Å². The Hall–Kier alpha value is -1.48. The van der Waals surface area contributed by atoms with Crippen molar-refractivity contribution >= 4 is 15.9 Å². The minimum absolute atomic E-state index is 0.0277. The Morgan fingerprint density at radius 2 is 2.12 bits per heavy atom. The minimum Gasteiger partial charge on any atom is -0.382 e. The molecule has 8 heteroatoms. The van der Waals surface area contributed by atoms with Crippen LogP contribution in [0.15, 0.2) is 23.1 Å². The van der Waals surface area contributed by atoms with Crippen LogP contribution >= 0.6 is 0 Å². The lowest BCUT2D eigenvalue weighted by atomic mass is 9.97. The second kappa shape index (κ2) is 6.44. The van der Waals surface area contributed by atoms with Gasteiger partial charge in [0.05, 0.1) is 24.7 Å². The van der Waals surface area contributed by atoms with Crippen molar-refractivity contribution in [2.75, 3.05) is 27.3 Å². The number of amides is 1. The van der Waals surface area contributed by atoms with E-state index < -0.39 is 15.6 Å². The van der Waals surface area contributed by atoms with Gasteiger partial charge in [0.25, 0.3) is 0 Å². The monoisotopic (exact) mass is 354 g/mol. The molecule has 1 fully saturated rings. The zero-order chi connectivity index (χ0) is 17.4. The van der Waals surface area contributed by atoms with E-state index in [1.807, 2.05) is 0 Å². The van der Waals surface area contributed by atoms with Crippen LogP contribution in [0.25, 0.3) is 0 Å². The Morgan fingerprint density at radius 3 is 2.83 bits per heavy atom. The molecule has 1 aromatic rings. The first-order valence-corrected chi connectivity index (χ1v) is 9.33. The first-order valence-electron chi connectivity index (χ1n) is 7.89. The first kappa shape index (κ1) is 17.3. The second-order valence-electron chi connectivity index (χ2n) is 6.15. The number of methoxy groups -OCH3 is 1. The van der Waals surface area contributed by atoms with Crippen molar-refractivity contribution in [3.63, 3.8) is 0 Å². The van der Waals surface area contributed by atoms with E-state index in [9.17, 15) is 13.2 Å². The van der Waals surface area contributed by atoms with E-state index in [4.69, 9.17) is 9.47 Å². The number of benzene rings is 1. The fourth-order valence-electron chi connectivity index (χ4n) is 3.55. The SMILES string of the molecule is CNC(=O)C1(COC)CCCN1S(=O)(=O)c1ccc2c(c1)COC2. The number of sulfonamides is 1. The normalized spacial score (nSPS) is 24.1. The Balaban J connectivity index is 2.03. The van der Waals surface area contributed by atoms with Crippen LogP contribution in [0, 0.1) is 0 Å². The lowest BCUT2D eigenvalue weighted by molar-refractivity contribution is -0.131. The summed E-state index contributed by atoms with van der Waals surface area (Å²) in [6.07, 6.45) is 1.05. The summed E-state index contributed by atoms with van der Waals surface area (Å²) in [5.41, 5.74) is 0.690. The van der Waals surface area contributed by atoms with Gasteiger partial charge in [-0.2, -0.15) is 4.31 Å². The number of nitrogens with zero attached hydrogens (tertiary/aromatic N) is 1. The molecule has 0 radical (unpaired) electrons. The summed E-state index contributed by atoms with van der Waals surface area (Å²) < 4.78 is 38.2. The zero-order valence-corrected chi connectivity index (χ0v) is 14.7. The van der Waals surface area contributed by atoms with Gasteiger partial charge in [-0.05, 0) is 36.1 Å². The molecule has 1 amide bonds. The lowest BCUT2D eigenvalue weighted by Crippen LogP contribution is -2.59. The van der Waals surface area contributed by atoms with Crippen molar-refractivity contribution in [2.45, 2.75) is 36.5 Å². The summed E-state index contributed by atoms with van der Waals surface area (Å²) >= 11 is 0. The summed E-state index contributed by atoms with van der Waals surface area (Å²) in [5, 5.41) is 2.58. The molecule has 0 spiro atoms. The third kappa shape index (κ3) is 2.63. The molecule has 1 atom stereocenters. The fourth-order valence-corrected chi connectivity index (χ4v) is 5.39. The number of fused-ring (bicyclic) bond motifs is 1. The molecule has 2 heterocycles. The van der Waals surface area contributed by atoms with E-state index in [2.05, 4.69) is 5.32 Å². The quantitative estimate of drug-likeness (QED) is 0.838. The van der Waals surface area contributed by atoms with Gasteiger partial charge >= 0.3 is 0 Å². The average Bonchev–Trinajstić information content (AvgIpc) is 3.21. The second-order valence-corrected chi connectivity index (χ2v) is 8.01. The molecule has 0 aliphatic carbocycles. The topological polar surface area (TPSA) is 84.9 Å². The maximum absolute atomic E-state index is 13.2. The number of hydrogen-bond donors (Lipinski definition) is 1. The van der Waals surface area contributed by atoms with Crippen molar-refractivity contribution in [1.29, 1.82) is 0 Å². The molecule has 132 valence electrons. The van der Waals surface area contributed by atoms with E-state index in [1.165, 1.54) is 18.5 Å². The highest BCUT2D eigenvalue weighted by molar-refractivity contribution is 7.89. The molecule has 2 aliphatic heterocycles. The van der Waals surface area contributed by atoms with Gasteiger partial charge in [-0.1, -0.05) is 6.07 Å². The Bertz CT molecular complexity index is 749. The molecule has 2 aliphatic rings.